The zero-order chi connectivity index (χ0) is 19.5. The summed E-state index contributed by atoms with van der Waals surface area (Å²) in [5.41, 5.74) is 2.64. The zero-order valence-corrected chi connectivity index (χ0v) is 17.6. The molecule has 3 N–H and O–H groups in total. The predicted molar refractivity (Wildman–Crippen MR) is 104 cm³/mol. The van der Waals surface area contributed by atoms with E-state index < -0.39 is 10.0 Å². The van der Waals surface area contributed by atoms with Gasteiger partial charge >= 0.3 is 0 Å². The number of aryl methyl sites for hydroxylation is 2. The summed E-state index contributed by atoms with van der Waals surface area (Å²) in [6.07, 6.45) is 0. The zero-order valence-electron chi connectivity index (χ0n) is 15.2. The number of aromatic nitrogens is 2. The molecule has 142 valence electrons. The number of benzene rings is 1. The van der Waals surface area contributed by atoms with E-state index in [1.165, 1.54) is 0 Å². The van der Waals surface area contributed by atoms with Crippen LogP contribution in [0.2, 0.25) is 0 Å². The molecule has 26 heavy (non-hydrogen) atoms. The van der Waals surface area contributed by atoms with Crippen LogP contribution in [0.15, 0.2) is 27.6 Å². The molecule has 0 aliphatic rings. The number of nitrogens with one attached hydrogen (secondary N) is 3. The van der Waals surface area contributed by atoms with Crippen LogP contribution in [0.4, 0.5) is 0 Å². The van der Waals surface area contributed by atoms with Crippen molar-refractivity contribution < 1.29 is 13.2 Å². The Morgan fingerprint density at radius 1 is 1.27 bits per heavy atom. The van der Waals surface area contributed by atoms with Gasteiger partial charge in [0, 0.05) is 13.1 Å². The minimum Gasteiger partial charge on any atom is -0.349 e. The lowest BCUT2D eigenvalue weighted by molar-refractivity contribution is 0.0948. The number of H-pyrrole nitrogens is 1. The number of halogens is 1. The van der Waals surface area contributed by atoms with Crippen molar-refractivity contribution in [3.63, 3.8) is 0 Å². The van der Waals surface area contributed by atoms with Gasteiger partial charge in [0.05, 0.1) is 15.1 Å². The summed E-state index contributed by atoms with van der Waals surface area (Å²) >= 11 is 3.37. The van der Waals surface area contributed by atoms with Crippen LogP contribution in [0.5, 0.6) is 0 Å². The van der Waals surface area contributed by atoms with Crippen molar-refractivity contribution in [1.82, 2.24) is 20.2 Å². The Morgan fingerprint density at radius 3 is 2.58 bits per heavy atom. The number of amides is 1. The summed E-state index contributed by atoms with van der Waals surface area (Å²) < 4.78 is 27.9. The largest absolute Gasteiger partial charge is 0.349 e. The highest BCUT2D eigenvalue weighted by atomic mass is 79.9. The van der Waals surface area contributed by atoms with Crippen LogP contribution in [-0.4, -0.2) is 37.6 Å². The summed E-state index contributed by atoms with van der Waals surface area (Å²) in [6.45, 7) is 7.80. The Kier molecular flexibility index (Phi) is 6.59. The molecule has 9 heteroatoms. The van der Waals surface area contributed by atoms with Gasteiger partial charge in [0.15, 0.2) is 5.69 Å². The molecule has 0 saturated carbocycles. The number of carbonyl (C=O) groups is 1. The summed E-state index contributed by atoms with van der Waals surface area (Å²) in [7, 11) is -3.62. The van der Waals surface area contributed by atoms with Gasteiger partial charge in [-0.1, -0.05) is 26.0 Å². The number of nitrogens with zero attached hydrogens (tertiary/aromatic N) is 1. The molecule has 1 heterocycles. The van der Waals surface area contributed by atoms with E-state index in [-0.39, 0.29) is 35.5 Å². The molecule has 0 fully saturated rings. The first-order valence-electron chi connectivity index (χ1n) is 8.22. The average Bonchev–Trinajstić information content (AvgIpc) is 2.95. The van der Waals surface area contributed by atoms with Crippen molar-refractivity contribution in [3.8, 4) is 0 Å². The van der Waals surface area contributed by atoms with E-state index in [4.69, 9.17) is 0 Å². The van der Waals surface area contributed by atoms with Gasteiger partial charge < -0.3 is 5.32 Å². The maximum Gasteiger partial charge on any atom is 0.273 e. The molecule has 2 rings (SSSR count). The van der Waals surface area contributed by atoms with E-state index >= 15 is 0 Å². The first-order valence-corrected chi connectivity index (χ1v) is 10.5. The van der Waals surface area contributed by atoms with Crippen LogP contribution >= 0.6 is 15.9 Å². The molecule has 0 spiro atoms. The molecule has 0 radical (unpaired) electrons. The van der Waals surface area contributed by atoms with Crippen molar-refractivity contribution >= 4 is 31.9 Å². The number of hydrogen-bond donors (Lipinski definition) is 3. The van der Waals surface area contributed by atoms with Gasteiger partial charge in [0.1, 0.15) is 0 Å². The molecule has 7 nitrogen and oxygen atoms in total. The Hall–Kier alpha value is -1.71. The molecule has 1 aromatic carbocycles. The Balaban J connectivity index is 1.94. The van der Waals surface area contributed by atoms with E-state index in [2.05, 4.69) is 36.2 Å². The average molecular weight is 443 g/mol. The summed E-state index contributed by atoms with van der Waals surface area (Å²) in [6, 6.07) is 5.26. The van der Waals surface area contributed by atoms with Crippen LogP contribution in [-0.2, 0) is 10.0 Å². The summed E-state index contributed by atoms with van der Waals surface area (Å²) in [4.78, 5) is 12.4. The fraction of sp³-hybridized carbons (Fsp3) is 0.412. The van der Waals surface area contributed by atoms with E-state index in [1.807, 2.05) is 26.8 Å². The molecule has 2 aromatic rings. The lowest BCUT2D eigenvalue weighted by Crippen LogP contribution is -2.35. The Labute approximate surface area is 162 Å². The van der Waals surface area contributed by atoms with Gasteiger partial charge in [-0.15, -0.1) is 0 Å². The van der Waals surface area contributed by atoms with Crippen molar-refractivity contribution in [2.45, 2.75) is 38.5 Å². The summed E-state index contributed by atoms with van der Waals surface area (Å²) in [5.74, 6) is -0.172. The molecular formula is C17H23BrN4O3S. The highest BCUT2D eigenvalue weighted by molar-refractivity contribution is 9.10. The van der Waals surface area contributed by atoms with Crippen molar-refractivity contribution in [1.29, 1.82) is 0 Å². The van der Waals surface area contributed by atoms with E-state index in [0.29, 0.717) is 10.0 Å². The van der Waals surface area contributed by atoms with Crippen LogP contribution < -0.4 is 10.0 Å². The minimum absolute atomic E-state index is 0.0839. The Bertz CT molecular complexity index is 907. The van der Waals surface area contributed by atoms with Crippen molar-refractivity contribution in [2.24, 2.45) is 0 Å². The van der Waals surface area contributed by atoms with Crippen LogP contribution in [0.3, 0.4) is 0 Å². The van der Waals surface area contributed by atoms with Crippen molar-refractivity contribution in [3.05, 3.63) is 45.2 Å². The van der Waals surface area contributed by atoms with E-state index in [0.717, 1.165) is 11.3 Å². The van der Waals surface area contributed by atoms with Gasteiger partial charge in [-0.3, -0.25) is 9.89 Å². The SMILES string of the molecule is Cc1ccc(C)c(S(=O)(=O)NCCNC(=O)c2n[nH]c(C(C)C)c2Br)c1. The number of sulfonamides is 1. The van der Waals surface area contributed by atoms with Gasteiger partial charge in [-0.05, 0) is 52.9 Å². The van der Waals surface area contributed by atoms with Crippen molar-refractivity contribution in [2.75, 3.05) is 13.1 Å². The smallest absolute Gasteiger partial charge is 0.273 e. The summed E-state index contributed by atoms with van der Waals surface area (Å²) in [5, 5.41) is 9.51. The normalized spacial score (nSPS) is 11.8. The first kappa shape index (κ1) is 20.6. The van der Waals surface area contributed by atoms with Gasteiger partial charge in [0.25, 0.3) is 5.91 Å². The standard InChI is InChI=1S/C17H23BrN4O3S/c1-10(2)15-14(18)16(22-21-15)17(23)19-7-8-20-26(24,25)13-9-11(3)5-6-12(13)4/h5-6,9-10,20H,7-8H2,1-4H3,(H,19,23)(H,21,22). The number of hydrogen-bond acceptors (Lipinski definition) is 4. The molecule has 1 aromatic heterocycles. The number of carbonyl (C=O) groups excluding carboxylic acids is 1. The van der Waals surface area contributed by atoms with Gasteiger partial charge in [-0.2, -0.15) is 5.10 Å². The first-order chi connectivity index (χ1) is 12.1. The fourth-order valence-corrected chi connectivity index (χ4v) is 4.57. The van der Waals surface area contributed by atoms with Crippen LogP contribution in [0.25, 0.3) is 0 Å². The second-order valence-corrected chi connectivity index (χ2v) is 8.91. The van der Waals surface area contributed by atoms with Gasteiger partial charge in [0.2, 0.25) is 10.0 Å². The van der Waals surface area contributed by atoms with Crippen LogP contribution in [0.1, 0.15) is 47.1 Å². The molecule has 0 unspecified atom stereocenters. The third kappa shape index (κ3) is 4.72. The lowest BCUT2D eigenvalue weighted by atomic mass is 10.1. The van der Waals surface area contributed by atoms with Gasteiger partial charge in [-0.25, -0.2) is 13.1 Å². The lowest BCUT2D eigenvalue weighted by Gasteiger charge is -2.10. The molecule has 0 aliphatic heterocycles. The molecule has 0 bridgehead atoms. The quantitative estimate of drug-likeness (QED) is 0.573. The molecule has 0 saturated heterocycles. The maximum atomic E-state index is 12.4. The topological polar surface area (TPSA) is 104 Å². The Morgan fingerprint density at radius 2 is 1.96 bits per heavy atom. The third-order valence-corrected chi connectivity index (χ3v) is 6.27. The predicted octanol–water partition coefficient (Wildman–Crippen LogP) is 2.62. The molecule has 0 atom stereocenters. The van der Waals surface area contributed by atoms with E-state index in [1.54, 1.807) is 19.1 Å². The maximum absolute atomic E-state index is 12.4. The molecular weight excluding hydrogens is 420 g/mol. The van der Waals surface area contributed by atoms with Crippen LogP contribution in [0, 0.1) is 13.8 Å². The minimum atomic E-state index is -3.62. The molecule has 0 aliphatic carbocycles. The second-order valence-electron chi connectivity index (χ2n) is 6.38. The third-order valence-electron chi connectivity index (χ3n) is 3.86. The second kappa shape index (κ2) is 8.32. The fourth-order valence-electron chi connectivity index (χ4n) is 2.39. The molecule has 1 amide bonds. The number of aromatic amines is 1. The van der Waals surface area contributed by atoms with E-state index in [9.17, 15) is 13.2 Å². The number of rotatable bonds is 7. The monoisotopic (exact) mass is 442 g/mol. The highest BCUT2D eigenvalue weighted by Gasteiger charge is 2.20. The highest BCUT2D eigenvalue weighted by Crippen LogP contribution is 2.25.